The Morgan fingerprint density at radius 1 is 0.971 bits per heavy atom. The number of ketones is 1. The summed E-state index contributed by atoms with van der Waals surface area (Å²) in [6, 6.07) is 2.60. The summed E-state index contributed by atoms with van der Waals surface area (Å²) in [5.41, 5.74) is -1.46. The van der Waals surface area contributed by atoms with Crippen LogP contribution in [0.3, 0.4) is 0 Å². The topological polar surface area (TPSA) is 120 Å². The third kappa shape index (κ3) is 7.05. The molecule has 1 aromatic rings. The van der Waals surface area contributed by atoms with Crippen LogP contribution in [-0.4, -0.2) is 66.1 Å². The summed E-state index contributed by atoms with van der Waals surface area (Å²) in [6.45, 7) is 9.67. The van der Waals surface area contributed by atoms with Crippen LogP contribution < -0.4 is 4.90 Å². The van der Waals surface area contributed by atoms with Crippen molar-refractivity contribution >= 4 is 47.1 Å². The fourth-order valence-electron chi connectivity index (χ4n) is 3.00. The van der Waals surface area contributed by atoms with Crippen molar-refractivity contribution in [3.8, 4) is 0 Å². The second-order valence-corrected chi connectivity index (χ2v) is 10.0. The van der Waals surface area contributed by atoms with E-state index in [0.717, 1.165) is 9.80 Å². The highest BCUT2D eigenvalue weighted by atomic mass is 35.5. The van der Waals surface area contributed by atoms with Gasteiger partial charge in [0.1, 0.15) is 11.2 Å². The molecule has 2 rings (SSSR count). The third-order valence-corrected chi connectivity index (χ3v) is 4.72. The van der Waals surface area contributed by atoms with Gasteiger partial charge in [0.05, 0.1) is 35.5 Å². The Kier molecular flexibility index (Phi) is 8.33. The van der Waals surface area contributed by atoms with Crippen molar-refractivity contribution in [1.82, 2.24) is 4.90 Å². The minimum absolute atomic E-state index is 0.0122. The predicted molar refractivity (Wildman–Crippen MR) is 128 cm³/mol. The maximum absolute atomic E-state index is 12.6. The Morgan fingerprint density at radius 2 is 1.51 bits per heavy atom. The Labute approximate surface area is 208 Å². The Hall–Kier alpha value is -3.40. The highest BCUT2D eigenvalue weighted by Gasteiger charge is 2.38. The molecule has 35 heavy (non-hydrogen) atoms. The Balaban J connectivity index is 2.24. The van der Waals surface area contributed by atoms with Crippen LogP contribution in [0.5, 0.6) is 0 Å². The molecule has 1 aliphatic heterocycles. The molecule has 0 fully saturated rings. The molecule has 11 heteroatoms. The summed E-state index contributed by atoms with van der Waals surface area (Å²) in [7, 11) is 1.20. The van der Waals surface area contributed by atoms with Gasteiger partial charge in [-0.25, -0.2) is 19.3 Å². The van der Waals surface area contributed by atoms with Crippen LogP contribution in [0.2, 0.25) is 5.02 Å². The number of fused-ring (bicyclic) bond motifs is 1. The van der Waals surface area contributed by atoms with Crippen LogP contribution in [0.1, 0.15) is 62.3 Å². The van der Waals surface area contributed by atoms with Gasteiger partial charge in [-0.15, -0.1) is 0 Å². The molecule has 0 atom stereocenters. The predicted octanol–water partition coefficient (Wildman–Crippen LogP) is 4.38. The number of Topliss-reactive ketones (excluding diaryl/α,β-unsaturated/α-hetero) is 1. The van der Waals surface area contributed by atoms with E-state index in [1.165, 1.54) is 31.4 Å². The molecule has 190 valence electrons. The van der Waals surface area contributed by atoms with E-state index in [9.17, 15) is 24.0 Å². The number of esters is 1. The number of halogens is 1. The van der Waals surface area contributed by atoms with Gasteiger partial charge in [-0.3, -0.25) is 9.59 Å². The summed E-state index contributed by atoms with van der Waals surface area (Å²) in [5.74, 6) is -2.31. The van der Waals surface area contributed by atoms with Gasteiger partial charge in [0.15, 0.2) is 0 Å². The number of hydrogen-bond acceptors (Lipinski definition) is 8. The first-order chi connectivity index (χ1) is 16.1. The van der Waals surface area contributed by atoms with Gasteiger partial charge in [0.25, 0.3) is 11.7 Å². The second kappa shape index (κ2) is 10.5. The molecule has 1 aliphatic rings. The highest BCUT2D eigenvalue weighted by Crippen LogP contribution is 2.35. The zero-order chi connectivity index (χ0) is 26.7. The van der Waals surface area contributed by atoms with Crippen molar-refractivity contribution in [3.05, 3.63) is 40.4 Å². The van der Waals surface area contributed by atoms with Crippen molar-refractivity contribution in [2.45, 2.75) is 52.7 Å². The van der Waals surface area contributed by atoms with Gasteiger partial charge in [0.2, 0.25) is 0 Å². The highest BCUT2D eigenvalue weighted by molar-refractivity contribution is 6.55. The van der Waals surface area contributed by atoms with E-state index < -0.39 is 41.0 Å². The van der Waals surface area contributed by atoms with Crippen LogP contribution in [0.15, 0.2) is 24.3 Å². The number of anilines is 1. The molecule has 3 amide bonds. The average Bonchev–Trinajstić information content (AvgIpc) is 2.95. The summed E-state index contributed by atoms with van der Waals surface area (Å²) in [4.78, 5) is 63.9. The number of rotatable bonds is 5. The molecule has 0 unspecified atom stereocenters. The minimum Gasteiger partial charge on any atom is -0.465 e. The lowest BCUT2D eigenvalue weighted by atomic mass is 10.1. The average molecular weight is 509 g/mol. The molecule has 0 spiro atoms. The summed E-state index contributed by atoms with van der Waals surface area (Å²) in [6.07, 6.45) is 1.14. The lowest BCUT2D eigenvalue weighted by molar-refractivity contribution is -0.114. The minimum atomic E-state index is -0.899. The largest absolute Gasteiger partial charge is 0.465 e. The maximum Gasteiger partial charge on any atom is 0.420 e. The van der Waals surface area contributed by atoms with E-state index in [0.29, 0.717) is 0 Å². The summed E-state index contributed by atoms with van der Waals surface area (Å²) < 4.78 is 15.3. The van der Waals surface area contributed by atoms with Gasteiger partial charge in [0, 0.05) is 6.54 Å². The number of ether oxygens (including phenoxy) is 3. The van der Waals surface area contributed by atoms with Crippen molar-refractivity contribution in [2.24, 2.45) is 0 Å². The molecule has 0 aliphatic carbocycles. The second-order valence-electron chi connectivity index (χ2n) is 9.63. The van der Waals surface area contributed by atoms with Gasteiger partial charge in [-0.05, 0) is 53.7 Å². The first-order valence-electron chi connectivity index (χ1n) is 10.7. The Bertz CT molecular complexity index is 1050. The molecule has 10 nitrogen and oxygen atoms in total. The standard InChI is InChI=1S/C24H29ClN2O8/c1-23(2,3)34-21(31)27(22(32)35-24(4,5)6)11-9-8-10-26-16-13-14(20(30)33-7)12-15(25)17(16)18(28)19(26)29/h8-9,12-13H,10-11H2,1-7H3. The molecule has 1 heterocycles. The van der Waals surface area contributed by atoms with E-state index in [-0.39, 0.29) is 34.9 Å². The molecule has 1 aromatic carbocycles. The third-order valence-electron chi connectivity index (χ3n) is 4.42. The number of imide groups is 1. The van der Waals surface area contributed by atoms with Gasteiger partial charge in [-0.1, -0.05) is 23.8 Å². The van der Waals surface area contributed by atoms with Crippen LogP contribution in [0.25, 0.3) is 0 Å². The van der Waals surface area contributed by atoms with E-state index in [1.54, 1.807) is 41.5 Å². The van der Waals surface area contributed by atoms with E-state index >= 15 is 0 Å². The molecule has 0 radical (unpaired) electrons. The molecular formula is C24H29ClN2O8. The first-order valence-corrected chi connectivity index (χ1v) is 11.1. The lowest BCUT2D eigenvalue weighted by Crippen LogP contribution is -2.43. The number of benzene rings is 1. The first kappa shape index (κ1) is 27.8. The van der Waals surface area contributed by atoms with E-state index in [2.05, 4.69) is 4.74 Å². The summed E-state index contributed by atoms with van der Waals surface area (Å²) in [5, 5.41) is -0.0474. The molecule has 0 N–H and O–H groups in total. The van der Waals surface area contributed by atoms with Crippen molar-refractivity contribution in [2.75, 3.05) is 25.1 Å². The molecule has 0 saturated carbocycles. The van der Waals surface area contributed by atoms with Gasteiger partial charge in [-0.2, -0.15) is 0 Å². The quantitative estimate of drug-likeness (QED) is 0.248. The van der Waals surface area contributed by atoms with Crippen molar-refractivity contribution in [3.63, 3.8) is 0 Å². The fourth-order valence-corrected chi connectivity index (χ4v) is 3.30. The number of hydrogen-bond donors (Lipinski definition) is 0. The van der Waals surface area contributed by atoms with Crippen molar-refractivity contribution < 1.29 is 38.2 Å². The zero-order valence-corrected chi connectivity index (χ0v) is 21.5. The number of nitrogens with zero attached hydrogens (tertiary/aromatic N) is 2. The van der Waals surface area contributed by atoms with Gasteiger partial charge >= 0.3 is 18.2 Å². The Morgan fingerprint density at radius 3 is 2.00 bits per heavy atom. The van der Waals surface area contributed by atoms with Crippen molar-refractivity contribution in [1.29, 1.82) is 0 Å². The maximum atomic E-state index is 12.6. The normalized spacial score (nSPS) is 13.7. The molecule has 0 aromatic heterocycles. The molecular weight excluding hydrogens is 480 g/mol. The smallest absolute Gasteiger partial charge is 0.420 e. The SMILES string of the molecule is COC(=O)c1cc(Cl)c2c(c1)N(CC=CCN(C(=O)OC(C)(C)C)C(=O)OC(C)(C)C)C(=O)C2=O. The summed E-state index contributed by atoms with van der Waals surface area (Å²) >= 11 is 6.14. The monoisotopic (exact) mass is 508 g/mol. The van der Waals surface area contributed by atoms with Crippen LogP contribution in [-0.2, 0) is 19.0 Å². The zero-order valence-electron chi connectivity index (χ0n) is 20.8. The lowest BCUT2D eigenvalue weighted by Gasteiger charge is -2.28. The number of amides is 3. The van der Waals surface area contributed by atoms with Crippen LogP contribution in [0, 0.1) is 0 Å². The van der Waals surface area contributed by atoms with E-state index in [1.807, 2.05) is 0 Å². The fraction of sp³-hybridized carbons (Fsp3) is 0.458. The molecule has 0 bridgehead atoms. The van der Waals surface area contributed by atoms with Crippen LogP contribution in [0.4, 0.5) is 15.3 Å². The molecule has 0 saturated heterocycles. The van der Waals surface area contributed by atoms with E-state index in [4.69, 9.17) is 21.1 Å². The number of methoxy groups -OCH3 is 1. The number of carbonyl (C=O) groups is 5. The number of carbonyl (C=O) groups excluding carboxylic acids is 5. The van der Waals surface area contributed by atoms with Gasteiger partial charge < -0.3 is 19.1 Å². The van der Waals surface area contributed by atoms with Crippen LogP contribution >= 0.6 is 11.6 Å².